The minimum absolute atomic E-state index is 0.00666. The van der Waals surface area contributed by atoms with Gasteiger partial charge in [-0.05, 0) is 45.7 Å². The first-order valence-corrected chi connectivity index (χ1v) is 8.97. The fourth-order valence-corrected chi connectivity index (χ4v) is 3.49. The molecule has 1 aliphatic rings. The van der Waals surface area contributed by atoms with Crippen molar-refractivity contribution in [1.82, 2.24) is 13.9 Å². The van der Waals surface area contributed by atoms with Gasteiger partial charge in [0.05, 0.1) is 0 Å². The molecule has 1 aliphatic heterocycles. The number of aliphatic hydroxyl groups excluding tert-OH is 1. The second kappa shape index (κ2) is 8.94. The minimum atomic E-state index is -3.40. The van der Waals surface area contributed by atoms with E-state index in [0.717, 1.165) is 19.5 Å². The van der Waals surface area contributed by atoms with Crippen molar-refractivity contribution in [1.29, 1.82) is 0 Å². The lowest BCUT2D eigenvalue weighted by atomic mass is 10.0. The third-order valence-corrected chi connectivity index (χ3v) is 5.46. The second-order valence-electron chi connectivity index (χ2n) is 5.53. The number of piperidine rings is 1. The summed E-state index contributed by atoms with van der Waals surface area (Å²) in [5.41, 5.74) is 0. The molecule has 2 N–H and O–H groups in total. The van der Waals surface area contributed by atoms with Gasteiger partial charge in [-0.1, -0.05) is 6.42 Å². The highest BCUT2D eigenvalue weighted by Gasteiger charge is 2.19. The van der Waals surface area contributed by atoms with E-state index in [1.54, 1.807) is 0 Å². The van der Waals surface area contributed by atoms with Crippen LogP contribution in [0.1, 0.15) is 39.0 Å². The van der Waals surface area contributed by atoms with E-state index < -0.39 is 10.2 Å². The Hall–Kier alpha value is -0.210. The lowest BCUT2D eigenvalue weighted by Gasteiger charge is -2.33. The van der Waals surface area contributed by atoms with Gasteiger partial charge in [0.1, 0.15) is 0 Å². The zero-order chi connectivity index (χ0) is 15.0. The molecular formula is C13H29N3O3S. The van der Waals surface area contributed by atoms with Gasteiger partial charge in [0.2, 0.25) is 0 Å². The van der Waals surface area contributed by atoms with E-state index in [1.165, 1.54) is 30.6 Å². The van der Waals surface area contributed by atoms with Gasteiger partial charge in [-0.3, -0.25) is 0 Å². The Kier molecular flexibility index (Phi) is 7.98. The highest BCUT2D eigenvalue weighted by Crippen LogP contribution is 2.16. The summed E-state index contributed by atoms with van der Waals surface area (Å²) in [6.07, 6.45) is 5.09. The third-order valence-electron chi connectivity index (χ3n) is 3.89. The van der Waals surface area contributed by atoms with Crippen LogP contribution in [0.2, 0.25) is 0 Å². The Labute approximate surface area is 123 Å². The summed E-state index contributed by atoms with van der Waals surface area (Å²) in [7, 11) is -1.86. The first-order valence-electron chi connectivity index (χ1n) is 7.53. The molecule has 1 heterocycles. The van der Waals surface area contributed by atoms with Gasteiger partial charge >= 0.3 is 0 Å². The summed E-state index contributed by atoms with van der Waals surface area (Å²) >= 11 is 0. The maximum absolute atomic E-state index is 11.9. The quantitative estimate of drug-likeness (QED) is 0.605. The molecule has 1 atom stereocenters. The van der Waals surface area contributed by atoms with Gasteiger partial charge in [-0.2, -0.15) is 12.7 Å². The molecule has 0 aromatic rings. The molecule has 0 amide bonds. The molecule has 1 saturated heterocycles. The van der Waals surface area contributed by atoms with E-state index in [9.17, 15) is 8.42 Å². The Balaban J connectivity index is 2.22. The van der Waals surface area contributed by atoms with Crippen molar-refractivity contribution in [2.75, 3.05) is 39.8 Å². The summed E-state index contributed by atoms with van der Waals surface area (Å²) in [5.74, 6) is 0. The van der Waals surface area contributed by atoms with E-state index in [0.29, 0.717) is 25.6 Å². The number of nitrogens with zero attached hydrogens (tertiary/aromatic N) is 2. The number of hydrogen-bond acceptors (Lipinski definition) is 4. The van der Waals surface area contributed by atoms with Crippen molar-refractivity contribution >= 4 is 10.2 Å². The molecule has 1 unspecified atom stereocenters. The first-order chi connectivity index (χ1) is 9.47. The molecule has 0 saturated carbocycles. The summed E-state index contributed by atoms with van der Waals surface area (Å²) < 4.78 is 27.6. The van der Waals surface area contributed by atoms with Crippen LogP contribution in [0.4, 0.5) is 0 Å². The molecule has 6 nitrogen and oxygen atoms in total. The van der Waals surface area contributed by atoms with Gasteiger partial charge in [-0.15, -0.1) is 0 Å². The fourth-order valence-electron chi connectivity index (χ4n) is 2.50. The maximum atomic E-state index is 11.9. The standard InChI is InChI=1S/C13H29N3O3S/c1-13-7-3-4-10-16(13)11-5-8-14-20(18,19)15(2)9-6-12-17/h13-14,17H,3-12H2,1-2H3. The normalized spacial score (nSPS) is 21.5. The van der Waals surface area contributed by atoms with Crippen LogP contribution in [-0.2, 0) is 10.2 Å². The van der Waals surface area contributed by atoms with E-state index in [1.807, 2.05) is 0 Å². The molecule has 1 rings (SSSR count). The summed E-state index contributed by atoms with van der Waals surface area (Å²) in [6.45, 7) is 5.14. The van der Waals surface area contributed by atoms with E-state index in [-0.39, 0.29) is 6.61 Å². The molecule has 120 valence electrons. The van der Waals surface area contributed by atoms with Crippen molar-refractivity contribution < 1.29 is 13.5 Å². The van der Waals surface area contributed by atoms with Crippen LogP contribution in [0.25, 0.3) is 0 Å². The minimum Gasteiger partial charge on any atom is -0.396 e. The molecule has 0 bridgehead atoms. The first kappa shape index (κ1) is 17.8. The number of hydrogen-bond donors (Lipinski definition) is 2. The smallest absolute Gasteiger partial charge is 0.279 e. The summed E-state index contributed by atoms with van der Waals surface area (Å²) in [6, 6.07) is 0.618. The third kappa shape index (κ3) is 6.05. The number of aliphatic hydroxyl groups is 1. The van der Waals surface area contributed by atoms with Crippen LogP contribution < -0.4 is 4.72 Å². The zero-order valence-electron chi connectivity index (χ0n) is 12.7. The van der Waals surface area contributed by atoms with Crippen molar-refractivity contribution in [3.63, 3.8) is 0 Å². The summed E-state index contributed by atoms with van der Waals surface area (Å²) in [4.78, 5) is 2.44. The Morgan fingerprint density at radius 1 is 1.35 bits per heavy atom. The van der Waals surface area contributed by atoms with Crippen molar-refractivity contribution in [2.45, 2.75) is 45.1 Å². The molecule has 1 fully saturated rings. The van der Waals surface area contributed by atoms with Crippen LogP contribution in [0.15, 0.2) is 0 Å². The predicted molar refractivity (Wildman–Crippen MR) is 80.8 cm³/mol. The average molecular weight is 307 g/mol. The van der Waals surface area contributed by atoms with Crippen LogP contribution >= 0.6 is 0 Å². The molecule has 0 aromatic heterocycles. The largest absolute Gasteiger partial charge is 0.396 e. The van der Waals surface area contributed by atoms with Crippen LogP contribution in [0.3, 0.4) is 0 Å². The lowest BCUT2D eigenvalue weighted by molar-refractivity contribution is 0.159. The fraction of sp³-hybridized carbons (Fsp3) is 1.00. The molecule has 0 spiro atoms. The van der Waals surface area contributed by atoms with Crippen LogP contribution in [0.5, 0.6) is 0 Å². The number of likely N-dealkylation sites (tertiary alicyclic amines) is 1. The van der Waals surface area contributed by atoms with Crippen LogP contribution in [0, 0.1) is 0 Å². The average Bonchev–Trinajstić information content (AvgIpc) is 2.42. The van der Waals surface area contributed by atoms with Gasteiger partial charge in [-0.25, -0.2) is 4.72 Å². The van der Waals surface area contributed by atoms with Crippen molar-refractivity contribution in [3.05, 3.63) is 0 Å². The maximum Gasteiger partial charge on any atom is 0.279 e. The second-order valence-corrected chi connectivity index (χ2v) is 7.39. The zero-order valence-corrected chi connectivity index (χ0v) is 13.5. The summed E-state index contributed by atoms with van der Waals surface area (Å²) in [5, 5.41) is 8.72. The van der Waals surface area contributed by atoms with Gasteiger partial charge in [0.25, 0.3) is 10.2 Å². The predicted octanol–water partition coefficient (Wildman–Crippen LogP) is 0.400. The molecular weight excluding hydrogens is 278 g/mol. The van der Waals surface area contributed by atoms with E-state index >= 15 is 0 Å². The molecule has 20 heavy (non-hydrogen) atoms. The van der Waals surface area contributed by atoms with Crippen molar-refractivity contribution in [2.24, 2.45) is 0 Å². The van der Waals surface area contributed by atoms with E-state index in [2.05, 4.69) is 16.5 Å². The Morgan fingerprint density at radius 2 is 2.10 bits per heavy atom. The highest BCUT2D eigenvalue weighted by atomic mass is 32.2. The number of rotatable bonds is 9. The Morgan fingerprint density at radius 3 is 2.75 bits per heavy atom. The molecule has 0 aromatic carbocycles. The lowest BCUT2D eigenvalue weighted by Crippen LogP contribution is -2.41. The highest BCUT2D eigenvalue weighted by molar-refractivity contribution is 7.87. The van der Waals surface area contributed by atoms with Crippen molar-refractivity contribution in [3.8, 4) is 0 Å². The molecule has 0 aliphatic carbocycles. The Bertz CT molecular complexity index is 362. The van der Waals surface area contributed by atoms with Crippen LogP contribution in [-0.4, -0.2) is 68.6 Å². The van der Waals surface area contributed by atoms with Gasteiger partial charge < -0.3 is 10.0 Å². The van der Waals surface area contributed by atoms with Gasteiger partial charge in [0.15, 0.2) is 0 Å². The SMILES string of the molecule is CC1CCCCN1CCCNS(=O)(=O)N(C)CCCO. The molecule has 7 heteroatoms. The number of nitrogens with one attached hydrogen (secondary N) is 1. The van der Waals surface area contributed by atoms with E-state index in [4.69, 9.17) is 5.11 Å². The topological polar surface area (TPSA) is 72.9 Å². The van der Waals surface area contributed by atoms with Gasteiger partial charge in [0, 0.05) is 32.8 Å². The molecule has 0 radical (unpaired) electrons. The monoisotopic (exact) mass is 307 g/mol.